The molecule has 0 saturated carbocycles. The first-order valence-electron chi connectivity index (χ1n) is 6.16. The SMILES string of the molecule is Cc1nc(CNCc2cccc(C(F)(F)F)c2)oc1C. The summed E-state index contributed by atoms with van der Waals surface area (Å²) in [6, 6.07) is 5.25. The molecule has 0 unspecified atom stereocenters. The smallest absolute Gasteiger partial charge is 0.416 e. The minimum atomic E-state index is -4.31. The van der Waals surface area contributed by atoms with Crippen molar-refractivity contribution in [2.24, 2.45) is 0 Å². The lowest BCUT2D eigenvalue weighted by molar-refractivity contribution is -0.137. The Bertz CT molecular complexity index is 571. The molecule has 0 saturated heterocycles. The Balaban J connectivity index is 1.94. The van der Waals surface area contributed by atoms with Crippen LogP contribution >= 0.6 is 0 Å². The molecule has 20 heavy (non-hydrogen) atoms. The fourth-order valence-corrected chi connectivity index (χ4v) is 1.79. The molecule has 1 aromatic carbocycles. The Morgan fingerprint density at radius 3 is 2.55 bits per heavy atom. The van der Waals surface area contributed by atoms with E-state index in [0.29, 0.717) is 24.5 Å². The molecule has 0 amide bonds. The molecule has 1 N–H and O–H groups in total. The second kappa shape index (κ2) is 5.66. The Morgan fingerprint density at radius 2 is 1.95 bits per heavy atom. The van der Waals surface area contributed by atoms with Gasteiger partial charge in [0, 0.05) is 6.54 Å². The van der Waals surface area contributed by atoms with Crippen LogP contribution in [0.3, 0.4) is 0 Å². The highest BCUT2D eigenvalue weighted by Gasteiger charge is 2.30. The molecule has 0 bridgehead atoms. The van der Waals surface area contributed by atoms with Crippen molar-refractivity contribution in [2.45, 2.75) is 33.1 Å². The van der Waals surface area contributed by atoms with Gasteiger partial charge in [-0.3, -0.25) is 0 Å². The van der Waals surface area contributed by atoms with Crippen LogP contribution in [0, 0.1) is 13.8 Å². The molecule has 0 aliphatic carbocycles. The van der Waals surface area contributed by atoms with Gasteiger partial charge < -0.3 is 9.73 Å². The average molecular weight is 284 g/mol. The van der Waals surface area contributed by atoms with Crippen molar-refractivity contribution in [3.8, 4) is 0 Å². The second-order valence-corrected chi connectivity index (χ2v) is 4.55. The molecule has 0 fully saturated rings. The van der Waals surface area contributed by atoms with Crippen molar-refractivity contribution in [3.63, 3.8) is 0 Å². The van der Waals surface area contributed by atoms with E-state index >= 15 is 0 Å². The maximum absolute atomic E-state index is 12.6. The molecule has 0 radical (unpaired) electrons. The predicted octanol–water partition coefficient (Wildman–Crippen LogP) is 3.60. The summed E-state index contributed by atoms with van der Waals surface area (Å²) < 4.78 is 43.0. The zero-order valence-corrected chi connectivity index (χ0v) is 11.2. The molecular formula is C14H15F3N2O. The van der Waals surface area contributed by atoms with E-state index in [0.717, 1.165) is 23.6 Å². The van der Waals surface area contributed by atoms with Gasteiger partial charge in [0.1, 0.15) is 5.76 Å². The van der Waals surface area contributed by atoms with Crippen LogP contribution in [-0.2, 0) is 19.3 Å². The highest BCUT2D eigenvalue weighted by Crippen LogP contribution is 2.29. The van der Waals surface area contributed by atoms with E-state index in [9.17, 15) is 13.2 Å². The van der Waals surface area contributed by atoms with Crippen molar-refractivity contribution in [3.05, 3.63) is 52.7 Å². The standard InChI is InChI=1S/C14H15F3N2O/c1-9-10(2)20-13(19-9)8-18-7-11-4-3-5-12(6-11)14(15,16)17/h3-6,18H,7-8H2,1-2H3. The van der Waals surface area contributed by atoms with E-state index in [2.05, 4.69) is 10.3 Å². The predicted molar refractivity (Wildman–Crippen MR) is 68.0 cm³/mol. The Labute approximate surface area is 114 Å². The van der Waals surface area contributed by atoms with Gasteiger partial charge in [-0.2, -0.15) is 13.2 Å². The molecular weight excluding hydrogens is 269 g/mol. The normalized spacial score (nSPS) is 11.8. The third-order valence-corrected chi connectivity index (χ3v) is 2.93. The van der Waals surface area contributed by atoms with E-state index in [1.807, 2.05) is 13.8 Å². The maximum atomic E-state index is 12.6. The first kappa shape index (κ1) is 14.6. The van der Waals surface area contributed by atoms with Crippen LogP contribution in [0.15, 0.2) is 28.7 Å². The van der Waals surface area contributed by atoms with Crippen LogP contribution in [0.4, 0.5) is 13.2 Å². The van der Waals surface area contributed by atoms with Crippen LogP contribution in [0.25, 0.3) is 0 Å². The van der Waals surface area contributed by atoms with Gasteiger partial charge in [0.25, 0.3) is 0 Å². The Kier molecular flexibility index (Phi) is 4.13. The number of benzene rings is 1. The van der Waals surface area contributed by atoms with E-state index < -0.39 is 11.7 Å². The zero-order chi connectivity index (χ0) is 14.8. The van der Waals surface area contributed by atoms with E-state index in [4.69, 9.17) is 4.42 Å². The number of hydrogen-bond donors (Lipinski definition) is 1. The maximum Gasteiger partial charge on any atom is 0.416 e. The highest BCUT2D eigenvalue weighted by molar-refractivity contribution is 5.25. The molecule has 0 spiro atoms. The number of alkyl halides is 3. The Morgan fingerprint density at radius 1 is 1.20 bits per heavy atom. The molecule has 0 atom stereocenters. The van der Waals surface area contributed by atoms with Gasteiger partial charge in [0.05, 0.1) is 17.8 Å². The summed E-state index contributed by atoms with van der Waals surface area (Å²) in [5.41, 5.74) is 0.750. The lowest BCUT2D eigenvalue weighted by atomic mass is 10.1. The molecule has 1 heterocycles. The molecule has 0 aliphatic heterocycles. The average Bonchev–Trinajstić information content (AvgIpc) is 2.68. The fraction of sp³-hybridized carbons (Fsp3) is 0.357. The molecule has 2 aromatic rings. The number of hydrogen-bond acceptors (Lipinski definition) is 3. The van der Waals surface area contributed by atoms with Crippen LogP contribution in [-0.4, -0.2) is 4.98 Å². The minimum absolute atomic E-state index is 0.324. The van der Waals surface area contributed by atoms with Crippen LogP contribution in [0.1, 0.15) is 28.5 Å². The van der Waals surface area contributed by atoms with Gasteiger partial charge in [-0.1, -0.05) is 18.2 Å². The molecule has 1 aromatic heterocycles. The van der Waals surface area contributed by atoms with Gasteiger partial charge in [-0.15, -0.1) is 0 Å². The molecule has 3 nitrogen and oxygen atoms in total. The molecule has 0 aliphatic rings. The van der Waals surface area contributed by atoms with Gasteiger partial charge in [0.2, 0.25) is 5.89 Å². The molecule has 2 rings (SSSR count). The summed E-state index contributed by atoms with van der Waals surface area (Å²) in [5.74, 6) is 1.29. The van der Waals surface area contributed by atoms with Crippen molar-refractivity contribution in [2.75, 3.05) is 0 Å². The largest absolute Gasteiger partial charge is 0.444 e. The van der Waals surface area contributed by atoms with Gasteiger partial charge >= 0.3 is 6.18 Å². The number of oxazole rings is 1. The van der Waals surface area contributed by atoms with Crippen molar-refractivity contribution in [1.29, 1.82) is 0 Å². The molecule has 108 valence electrons. The lowest BCUT2D eigenvalue weighted by Gasteiger charge is -2.08. The fourth-order valence-electron chi connectivity index (χ4n) is 1.79. The van der Waals surface area contributed by atoms with Crippen molar-refractivity contribution < 1.29 is 17.6 Å². The summed E-state index contributed by atoms with van der Waals surface area (Å²) in [7, 11) is 0. The van der Waals surface area contributed by atoms with Gasteiger partial charge in [-0.25, -0.2) is 4.98 Å². The van der Waals surface area contributed by atoms with E-state index in [1.165, 1.54) is 6.07 Å². The number of halogens is 3. The van der Waals surface area contributed by atoms with Crippen LogP contribution in [0.2, 0.25) is 0 Å². The number of rotatable bonds is 4. The number of nitrogens with one attached hydrogen (secondary N) is 1. The lowest BCUT2D eigenvalue weighted by Crippen LogP contribution is -2.14. The van der Waals surface area contributed by atoms with Crippen LogP contribution < -0.4 is 5.32 Å². The number of nitrogens with zero attached hydrogens (tertiary/aromatic N) is 1. The third-order valence-electron chi connectivity index (χ3n) is 2.93. The summed E-state index contributed by atoms with van der Waals surface area (Å²) in [6.45, 7) is 4.36. The topological polar surface area (TPSA) is 38.1 Å². The van der Waals surface area contributed by atoms with Crippen LogP contribution in [0.5, 0.6) is 0 Å². The van der Waals surface area contributed by atoms with E-state index in [-0.39, 0.29) is 0 Å². The summed E-state index contributed by atoms with van der Waals surface area (Å²) in [6.07, 6.45) is -4.31. The van der Waals surface area contributed by atoms with E-state index in [1.54, 1.807) is 6.07 Å². The summed E-state index contributed by atoms with van der Waals surface area (Å²) >= 11 is 0. The Hall–Kier alpha value is -1.82. The first-order chi connectivity index (χ1) is 9.36. The van der Waals surface area contributed by atoms with Crippen molar-refractivity contribution >= 4 is 0 Å². The second-order valence-electron chi connectivity index (χ2n) is 4.55. The molecule has 6 heteroatoms. The van der Waals surface area contributed by atoms with Crippen molar-refractivity contribution in [1.82, 2.24) is 10.3 Å². The monoisotopic (exact) mass is 284 g/mol. The zero-order valence-electron chi connectivity index (χ0n) is 11.2. The summed E-state index contributed by atoms with van der Waals surface area (Å²) in [5, 5.41) is 3.01. The number of aryl methyl sites for hydroxylation is 2. The van der Waals surface area contributed by atoms with Gasteiger partial charge in [-0.05, 0) is 25.5 Å². The van der Waals surface area contributed by atoms with Gasteiger partial charge in [0.15, 0.2) is 0 Å². The minimum Gasteiger partial charge on any atom is -0.444 e. The highest BCUT2D eigenvalue weighted by atomic mass is 19.4. The number of aromatic nitrogens is 1. The third kappa shape index (κ3) is 3.60. The summed E-state index contributed by atoms with van der Waals surface area (Å²) in [4.78, 5) is 4.19. The quantitative estimate of drug-likeness (QED) is 0.932. The first-order valence-corrected chi connectivity index (χ1v) is 6.16.